The van der Waals surface area contributed by atoms with E-state index in [4.69, 9.17) is 10.2 Å². The van der Waals surface area contributed by atoms with Crippen LogP contribution in [-0.2, 0) is 0 Å². The maximum Gasteiger partial charge on any atom is 0.294 e. The van der Waals surface area contributed by atoms with Crippen molar-refractivity contribution in [2.75, 3.05) is 5.73 Å². The molecule has 0 saturated carbocycles. The highest BCUT2D eigenvalue weighted by atomic mass is 16.4. The van der Waals surface area contributed by atoms with Crippen LogP contribution in [0.2, 0.25) is 0 Å². The minimum absolute atomic E-state index is 0.161. The summed E-state index contributed by atoms with van der Waals surface area (Å²) in [5.41, 5.74) is 6.45. The topological polar surface area (TPSA) is 64.9 Å². The molecule has 0 unspecified atom stereocenters. The van der Waals surface area contributed by atoms with E-state index in [2.05, 4.69) is 9.97 Å². The van der Waals surface area contributed by atoms with Gasteiger partial charge >= 0.3 is 0 Å². The fourth-order valence-corrected chi connectivity index (χ4v) is 0.787. The predicted octanol–water partition coefficient (Wildman–Crippen LogP) is 0.805. The smallest absolute Gasteiger partial charge is 0.294 e. The number of nitrogens with two attached hydrogens (primary N) is 1. The third-order valence-corrected chi connectivity index (χ3v) is 1.18. The third kappa shape index (κ3) is 0.621. The number of fused-ring (bicyclic) bond motifs is 1. The van der Waals surface area contributed by atoms with E-state index in [1.54, 1.807) is 18.3 Å². The first kappa shape index (κ1) is 5.22. The van der Waals surface area contributed by atoms with Crippen LogP contribution in [0.15, 0.2) is 22.7 Å². The van der Waals surface area contributed by atoms with Crippen molar-refractivity contribution in [3.05, 3.63) is 18.3 Å². The van der Waals surface area contributed by atoms with Crippen molar-refractivity contribution < 1.29 is 4.42 Å². The van der Waals surface area contributed by atoms with Gasteiger partial charge in [0.05, 0.1) is 0 Å². The van der Waals surface area contributed by atoms with Crippen molar-refractivity contribution in [2.24, 2.45) is 0 Å². The average Bonchev–Trinajstić information content (AvgIpc) is 2.27. The van der Waals surface area contributed by atoms with Gasteiger partial charge in [0.1, 0.15) is 5.52 Å². The van der Waals surface area contributed by atoms with Gasteiger partial charge in [-0.3, -0.25) is 0 Å². The van der Waals surface area contributed by atoms with Crippen molar-refractivity contribution in [3.63, 3.8) is 0 Å². The van der Waals surface area contributed by atoms with Gasteiger partial charge in [-0.15, -0.1) is 0 Å². The largest absolute Gasteiger partial charge is 0.405 e. The van der Waals surface area contributed by atoms with E-state index in [-0.39, 0.29) is 6.01 Å². The van der Waals surface area contributed by atoms with E-state index in [0.29, 0.717) is 11.2 Å². The van der Waals surface area contributed by atoms with Crippen LogP contribution in [0.4, 0.5) is 6.01 Å². The lowest BCUT2D eigenvalue weighted by atomic mass is 10.5. The molecule has 2 rings (SSSR count). The molecule has 0 saturated heterocycles. The molecule has 2 heterocycles. The predicted molar refractivity (Wildman–Crippen MR) is 36.2 cm³/mol. The summed E-state index contributed by atoms with van der Waals surface area (Å²) in [6.45, 7) is 0. The molecule has 0 amide bonds. The number of nitrogen functional groups attached to an aromatic ring is 1. The number of anilines is 1. The van der Waals surface area contributed by atoms with E-state index in [1.807, 2.05) is 0 Å². The second-order valence-corrected chi connectivity index (χ2v) is 1.88. The van der Waals surface area contributed by atoms with E-state index in [1.165, 1.54) is 0 Å². The van der Waals surface area contributed by atoms with Crippen LogP contribution in [0.25, 0.3) is 11.2 Å². The van der Waals surface area contributed by atoms with Gasteiger partial charge in [-0.2, -0.15) is 4.98 Å². The van der Waals surface area contributed by atoms with Crippen LogP contribution in [0.1, 0.15) is 0 Å². The molecule has 50 valence electrons. The third-order valence-electron chi connectivity index (χ3n) is 1.18. The van der Waals surface area contributed by atoms with E-state index < -0.39 is 0 Å². The Labute approximate surface area is 56.7 Å². The summed E-state index contributed by atoms with van der Waals surface area (Å²) in [6.07, 6.45) is 1.63. The molecule has 2 N–H and O–H groups in total. The fourth-order valence-electron chi connectivity index (χ4n) is 0.787. The second kappa shape index (κ2) is 1.70. The number of nitrogens with zero attached hydrogens (tertiary/aromatic N) is 2. The van der Waals surface area contributed by atoms with E-state index in [0.717, 1.165) is 0 Å². The van der Waals surface area contributed by atoms with Crippen LogP contribution in [0, 0.1) is 0 Å². The second-order valence-electron chi connectivity index (χ2n) is 1.88. The molecular weight excluding hydrogens is 130 g/mol. The standard InChI is InChI=1S/C6H5N3O/c7-6-9-4-2-1-3-8-5(4)10-6/h1-3H,(H2,7,9). The van der Waals surface area contributed by atoms with Gasteiger partial charge < -0.3 is 10.2 Å². The highest BCUT2D eigenvalue weighted by Crippen LogP contribution is 2.11. The summed E-state index contributed by atoms with van der Waals surface area (Å²) >= 11 is 0. The molecule has 0 radical (unpaired) electrons. The highest BCUT2D eigenvalue weighted by Gasteiger charge is 1.99. The fraction of sp³-hybridized carbons (Fsp3) is 0. The minimum atomic E-state index is 0.161. The molecule has 2 aromatic rings. The molecule has 4 nitrogen and oxygen atoms in total. The number of hydrogen-bond donors (Lipinski definition) is 1. The maximum atomic E-state index is 5.27. The quantitative estimate of drug-likeness (QED) is 0.580. The minimum Gasteiger partial charge on any atom is -0.405 e. The summed E-state index contributed by atoms with van der Waals surface area (Å²) in [5.74, 6) is 0. The number of aromatic nitrogens is 2. The Morgan fingerprint density at radius 1 is 1.50 bits per heavy atom. The molecule has 0 spiro atoms. The van der Waals surface area contributed by atoms with E-state index >= 15 is 0 Å². The van der Waals surface area contributed by atoms with E-state index in [9.17, 15) is 0 Å². The molecule has 0 aliphatic heterocycles. The van der Waals surface area contributed by atoms with Crippen molar-refractivity contribution in [1.82, 2.24) is 9.97 Å². The van der Waals surface area contributed by atoms with Crippen LogP contribution < -0.4 is 5.73 Å². The first-order valence-corrected chi connectivity index (χ1v) is 2.83. The first-order chi connectivity index (χ1) is 4.86. The van der Waals surface area contributed by atoms with Crippen molar-refractivity contribution in [1.29, 1.82) is 0 Å². The lowest BCUT2D eigenvalue weighted by Crippen LogP contribution is -1.80. The molecule has 0 aliphatic carbocycles. The van der Waals surface area contributed by atoms with Crippen LogP contribution in [0.3, 0.4) is 0 Å². The van der Waals surface area contributed by atoms with Crippen molar-refractivity contribution in [3.8, 4) is 0 Å². The Morgan fingerprint density at radius 3 is 3.20 bits per heavy atom. The lowest BCUT2D eigenvalue weighted by molar-refractivity contribution is 0.614. The summed E-state index contributed by atoms with van der Waals surface area (Å²) in [4.78, 5) is 7.75. The highest BCUT2D eigenvalue weighted by molar-refractivity contribution is 5.68. The summed E-state index contributed by atoms with van der Waals surface area (Å²) < 4.78 is 4.92. The van der Waals surface area contributed by atoms with Crippen molar-refractivity contribution in [2.45, 2.75) is 0 Å². The molecule has 10 heavy (non-hydrogen) atoms. The zero-order chi connectivity index (χ0) is 6.97. The Hall–Kier alpha value is -1.58. The first-order valence-electron chi connectivity index (χ1n) is 2.83. The number of hydrogen-bond acceptors (Lipinski definition) is 4. The molecule has 0 aliphatic rings. The lowest BCUT2D eigenvalue weighted by Gasteiger charge is -1.78. The molecule has 0 aromatic carbocycles. The zero-order valence-electron chi connectivity index (χ0n) is 5.11. The Bertz CT molecular complexity index is 322. The summed E-state index contributed by atoms with van der Waals surface area (Å²) in [7, 11) is 0. The number of rotatable bonds is 0. The Kier molecular flexibility index (Phi) is 0.887. The van der Waals surface area contributed by atoms with Gasteiger partial charge in [0.25, 0.3) is 6.01 Å². The Morgan fingerprint density at radius 2 is 2.40 bits per heavy atom. The van der Waals surface area contributed by atoms with Gasteiger partial charge in [-0.25, -0.2) is 4.98 Å². The molecular formula is C6H5N3O. The zero-order valence-corrected chi connectivity index (χ0v) is 5.11. The number of pyridine rings is 1. The Balaban J connectivity index is 2.88. The summed E-state index contributed by atoms with van der Waals surface area (Å²) in [6, 6.07) is 3.74. The molecule has 4 heteroatoms. The molecule has 0 fully saturated rings. The van der Waals surface area contributed by atoms with Gasteiger partial charge in [0.2, 0.25) is 5.71 Å². The molecule has 0 atom stereocenters. The molecule has 2 aromatic heterocycles. The van der Waals surface area contributed by atoms with Gasteiger partial charge in [0, 0.05) is 6.20 Å². The van der Waals surface area contributed by atoms with Gasteiger partial charge in [-0.05, 0) is 12.1 Å². The average molecular weight is 135 g/mol. The van der Waals surface area contributed by atoms with Crippen LogP contribution in [-0.4, -0.2) is 9.97 Å². The summed E-state index contributed by atoms with van der Waals surface area (Å²) in [5, 5.41) is 0. The van der Waals surface area contributed by atoms with Crippen LogP contribution in [0.5, 0.6) is 0 Å². The molecule has 0 bridgehead atoms. The van der Waals surface area contributed by atoms with Crippen LogP contribution >= 0.6 is 0 Å². The normalized spacial score (nSPS) is 10.4. The number of oxazole rings is 1. The monoisotopic (exact) mass is 135 g/mol. The van der Waals surface area contributed by atoms with Gasteiger partial charge in [-0.1, -0.05) is 0 Å². The SMILES string of the molecule is Nc1nc2cccnc2o1. The van der Waals surface area contributed by atoms with Crippen molar-refractivity contribution >= 4 is 17.2 Å². The van der Waals surface area contributed by atoms with Gasteiger partial charge in [0.15, 0.2) is 0 Å². The maximum absolute atomic E-state index is 5.27.